The fraction of sp³-hybridized carbons (Fsp3) is 0.103. The maximum Gasteiger partial charge on any atom is 0.314 e. The Kier molecular flexibility index (Phi) is 5.79. The molecule has 1 spiro atoms. The zero-order valence-corrected chi connectivity index (χ0v) is 23.0. The number of rotatable bonds is 4. The van der Waals surface area contributed by atoms with Crippen molar-refractivity contribution < 1.29 is 18.9 Å². The van der Waals surface area contributed by atoms with Gasteiger partial charge in [-0.05, 0) is 59.8 Å². The molecule has 40 heavy (non-hydrogen) atoms. The fourth-order valence-electron chi connectivity index (χ4n) is 5.24. The molecule has 7 rings (SSSR count). The number of para-hydroxylation sites is 1. The van der Waals surface area contributed by atoms with E-state index in [1.807, 2.05) is 53.5 Å². The first-order valence-corrected chi connectivity index (χ1v) is 14.0. The summed E-state index contributed by atoms with van der Waals surface area (Å²) >= 11 is 4.57. The van der Waals surface area contributed by atoms with E-state index >= 15 is 0 Å². The second-order valence-corrected chi connectivity index (χ2v) is 11.3. The van der Waals surface area contributed by atoms with Gasteiger partial charge in [-0.3, -0.25) is 20.2 Å². The molecule has 11 heteroatoms. The lowest BCUT2D eigenvalue weighted by atomic mass is 9.96. The van der Waals surface area contributed by atoms with Crippen molar-refractivity contribution in [2.24, 2.45) is 5.10 Å². The number of nitrogens with one attached hydrogen (secondary N) is 1. The van der Waals surface area contributed by atoms with Crippen LogP contribution >= 0.6 is 27.7 Å². The third-order valence-electron chi connectivity index (χ3n) is 7.00. The summed E-state index contributed by atoms with van der Waals surface area (Å²) in [5.74, 6) is 0.0104. The van der Waals surface area contributed by atoms with Gasteiger partial charge >= 0.3 is 5.85 Å². The summed E-state index contributed by atoms with van der Waals surface area (Å²) in [4.78, 5) is 24.6. The Hall–Kier alpha value is -4.35. The minimum absolute atomic E-state index is 0.0549. The molecule has 4 aromatic rings. The van der Waals surface area contributed by atoms with Crippen LogP contribution in [-0.4, -0.2) is 26.7 Å². The second-order valence-electron chi connectivity index (χ2n) is 9.40. The van der Waals surface area contributed by atoms with Crippen molar-refractivity contribution in [3.63, 3.8) is 0 Å². The molecule has 1 amide bonds. The summed E-state index contributed by atoms with van der Waals surface area (Å²) in [5.41, 5.74) is 3.14. The van der Waals surface area contributed by atoms with E-state index in [0.717, 1.165) is 33.1 Å². The van der Waals surface area contributed by atoms with Crippen molar-refractivity contribution in [1.82, 2.24) is 10.3 Å². The zero-order chi connectivity index (χ0) is 27.4. The van der Waals surface area contributed by atoms with E-state index < -0.39 is 10.8 Å². The number of carbonyl (C=O) groups excluding carboxylic acids is 1. The molecule has 0 bridgehead atoms. The standard InChI is InChI=1S/C29H19BrN4O5S/c30-18-10-12-26-21(14-18)24-16-22(17-6-2-1-3-7-17)32-33(24)29(39-26)27(40-28(35)31-29)15-19-11-13-25(38-19)20-8-4-5-9-23(20)34(36)37/h1-15,24H,16H2,(H,31,35). The number of carbonyl (C=O) groups is 1. The predicted molar refractivity (Wildman–Crippen MR) is 155 cm³/mol. The van der Waals surface area contributed by atoms with Gasteiger partial charge in [0.1, 0.15) is 17.3 Å². The maximum atomic E-state index is 12.9. The van der Waals surface area contributed by atoms with E-state index in [4.69, 9.17) is 14.3 Å². The quantitative estimate of drug-likeness (QED) is 0.189. The molecule has 2 unspecified atom stereocenters. The highest BCUT2D eigenvalue weighted by Gasteiger charge is 2.58. The van der Waals surface area contributed by atoms with Crippen LogP contribution in [0.5, 0.6) is 5.75 Å². The lowest BCUT2D eigenvalue weighted by Gasteiger charge is -2.45. The van der Waals surface area contributed by atoms with Crippen LogP contribution in [0, 0.1) is 10.1 Å². The van der Waals surface area contributed by atoms with Gasteiger partial charge in [0.05, 0.1) is 27.1 Å². The summed E-state index contributed by atoms with van der Waals surface area (Å²) < 4.78 is 13.5. The smallest absolute Gasteiger partial charge is 0.314 e. The number of ether oxygens (including phenoxy) is 1. The molecule has 3 aliphatic rings. The molecule has 198 valence electrons. The van der Waals surface area contributed by atoms with E-state index in [9.17, 15) is 14.9 Å². The van der Waals surface area contributed by atoms with Crippen LogP contribution in [0.15, 0.2) is 104 Å². The molecule has 1 N–H and O–H groups in total. The monoisotopic (exact) mass is 614 g/mol. The molecular weight excluding hydrogens is 596 g/mol. The van der Waals surface area contributed by atoms with E-state index in [1.165, 1.54) is 6.07 Å². The number of amides is 1. The van der Waals surface area contributed by atoms with Gasteiger partial charge in [0.25, 0.3) is 10.9 Å². The molecule has 2 atom stereocenters. The average Bonchev–Trinajstić information content (AvgIpc) is 3.68. The number of nitrogens with zero attached hydrogens (tertiary/aromatic N) is 3. The van der Waals surface area contributed by atoms with Crippen LogP contribution in [0.4, 0.5) is 10.5 Å². The normalized spacial score (nSPS) is 22.1. The molecule has 0 saturated carbocycles. The van der Waals surface area contributed by atoms with E-state index in [1.54, 1.807) is 36.4 Å². The SMILES string of the molecule is O=C1NC2(Oc3ccc(Br)cc3C3CC(c4ccccc4)=NN32)C(=Cc2ccc(-c3ccccc3[N+](=O)[O-])o2)S1. The fourth-order valence-corrected chi connectivity index (χ4v) is 6.51. The van der Waals surface area contributed by atoms with Crippen molar-refractivity contribution in [1.29, 1.82) is 0 Å². The predicted octanol–water partition coefficient (Wildman–Crippen LogP) is 7.31. The number of fused-ring (bicyclic) bond motifs is 4. The molecule has 4 heterocycles. The number of hydrogen-bond donors (Lipinski definition) is 1. The molecule has 1 aromatic heterocycles. The lowest BCUT2D eigenvalue weighted by molar-refractivity contribution is -0.384. The minimum Gasteiger partial charge on any atom is -0.456 e. The summed E-state index contributed by atoms with van der Waals surface area (Å²) in [6, 6.07) is 25.3. The Bertz CT molecular complexity index is 1750. The third kappa shape index (κ3) is 4.00. The molecule has 9 nitrogen and oxygen atoms in total. The molecule has 0 aliphatic carbocycles. The van der Waals surface area contributed by atoms with Crippen molar-refractivity contribution in [3.8, 4) is 17.1 Å². The van der Waals surface area contributed by atoms with Crippen LogP contribution < -0.4 is 10.1 Å². The minimum atomic E-state index is -1.39. The number of benzene rings is 3. The third-order valence-corrected chi connectivity index (χ3v) is 8.40. The summed E-state index contributed by atoms with van der Waals surface area (Å²) in [6.07, 6.45) is 2.34. The van der Waals surface area contributed by atoms with Crippen LogP contribution in [0.3, 0.4) is 0 Å². The van der Waals surface area contributed by atoms with E-state index in [-0.39, 0.29) is 17.0 Å². The van der Waals surface area contributed by atoms with Crippen LogP contribution in [-0.2, 0) is 0 Å². The van der Waals surface area contributed by atoms with Crippen molar-refractivity contribution in [2.75, 3.05) is 0 Å². The second kappa shape index (κ2) is 9.39. The first-order valence-electron chi connectivity index (χ1n) is 12.4. The molecular formula is C29H19BrN4O5S. The molecule has 3 aromatic carbocycles. The van der Waals surface area contributed by atoms with Gasteiger partial charge in [-0.15, -0.1) is 0 Å². The molecule has 1 fully saturated rings. The van der Waals surface area contributed by atoms with E-state index in [0.29, 0.717) is 34.2 Å². The Morgan fingerprint density at radius 2 is 1.90 bits per heavy atom. The first kappa shape index (κ1) is 24.7. The number of hydrazone groups is 1. The number of furan rings is 1. The maximum absolute atomic E-state index is 12.9. The Morgan fingerprint density at radius 3 is 2.73 bits per heavy atom. The van der Waals surface area contributed by atoms with Gasteiger partial charge in [-0.25, -0.2) is 5.01 Å². The van der Waals surface area contributed by atoms with Crippen LogP contribution in [0.25, 0.3) is 17.4 Å². The molecule has 1 saturated heterocycles. The number of hydrogen-bond acceptors (Lipinski definition) is 8. The van der Waals surface area contributed by atoms with E-state index in [2.05, 4.69) is 21.2 Å². The van der Waals surface area contributed by atoms with Gasteiger partial charge in [0.15, 0.2) is 0 Å². The van der Waals surface area contributed by atoms with Gasteiger partial charge < -0.3 is 9.15 Å². The molecule has 0 radical (unpaired) electrons. The van der Waals surface area contributed by atoms with Crippen LogP contribution in [0.1, 0.15) is 29.3 Å². The number of halogens is 1. The van der Waals surface area contributed by atoms with Gasteiger partial charge in [0.2, 0.25) is 0 Å². The Balaban J connectivity index is 1.34. The van der Waals surface area contributed by atoms with Crippen LogP contribution in [0.2, 0.25) is 0 Å². The molecule has 3 aliphatic heterocycles. The average molecular weight is 615 g/mol. The summed E-state index contributed by atoms with van der Waals surface area (Å²) in [5, 5.41) is 21.1. The number of nitro groups is 1. The Labute approximate surface area is 240 Å². The largest absolute Gasteiger partial charge is 0.456 e. The summed E-state index contributed by atoms with van der Waals surface area (Å²) in [6.45, 7) is 0. The Morgan fingerprint density at radius 1 is 1.10 bits per heavy atom. The topological polar surface area (TPSA) is 110 Å². The first-order chi connectivity index (χ1) is 19.4. The van der Waals surface area contributed by atoms with Gasteiger partial charge in [-0.1, -0.05) is 58.4 Å². The summed E-state index contributed by atoms with van der Waals surface area (Å²) in [7, 11) is 0. The van der Waals surface area contributed by atoms with Crippen molar-refractivity contribution in [2.45, 2.75) is 18.3 Å². The van der Waals surface area contributed by atoms with Crippen molar-refractivity contribution >= 4 is 50.4 Å². The van der Waals surface area contributed by atoms with Gasteiger partial charge in [0, 0.05) is 22.5 Å². The highest BCUT2D eigenvalue weighted by Crippen LogP contribution is 2.53. The van der Waals surface area contributed by atoms with Crippen molar-refractivity contribution in [3.05, 3.63) is 121 Å². The zero-order valence-electron chi connectivity index (χ0n) is 20.6. The lowest BCUT2D eigenvalue weighted by Crippen LogP contribution is -2.61. The highest BCUT2D eigenvalue weighted by molar-refractivity contribution is 9.10. The number of nitro benzene ring substituents is 1. The number of thioether (sulfide) groups is 1. The highest BCUT2D eigenvalue weighted by atomic mass is 79.9. The van der Waals surface area contributed by atoms with Gasteiger partial charge in [-0.2, -0.15) is 5.10 Å².